The first kappa shape index (κ1) is 15.4. The summed E-state index contributed by atoms with van der Waals surface area (Å²) in [5, 5.41) is 2.57. The van der Waals surface area contributed by atoms with Crippen LogP contribution in [0.1, 0.15) is 0 Å². The molecule has 1 saturated heterocycles. The van der Waals surface area contributed by atoms with Crippen LogP contribution in [0.25, 0.3) is 0 Å². The summed E-state index contributed by atoms with van der Waals surface area (Å²) in [5.74, 6) is 2.33. The number of nitrogens with one attached hydrogen (secondary N) is 1. The fraction of sp³-hybridized carbons (Fsp3) is 0.357. The van der Waals surface area contributed by atoms with Gasteiger partial charge in [-0.15, -0.1) is 6.42 Å². The molecule has 1 heterocycles. The minimum atomic E-state index is -3.49. The minimum absolute atomic E-state index is 0.168. The molecular weight excluding hydrogens is 290 g/mol. The smallest absolute Gasteiger partial charge is 0.318 e. The molecule has 1 aliphatic heterocycles. The first-order valence-electron chi connectivity index (χ1n) is 6.57. The molecule has 1 N–H and O–H groups in total. The van der Waals surface area contributed by atoms with Crippen LogP contribution in [-0.4, -0.2) is 56.4 Å². The lowest BCUT2D eigenvalue weighted by atomic mass is 10.4. The van der Waals surface area contributed by atoms with Crippen molar-refractivity contribution in [1.82, 2.24) is 14.5 Å². The Kier molecular flexibility index (Phi) is 4.83. The number of sulfonamides is 1. The molecule has 0 aromatic heterocycles. The van der Waals surface area contributed by atoms with Gasteiger partial charge in [-0.2, -0.15) is 4.31 Å². The molecule has 0 aliphatic carbocycles. The van der Waals surface area contributed by atoms with Crippen molar-refractivity contribution in [1.29, 1.82) is 0 Å². The highest BCUT2D eigenvalue weighted by atomic mass is 32.2. The number of carbonyl (C=O) groups excluding carboxylic acids is 1. The van der Waals surface area contributed by atoms with E-state index in [1.165, 1.54) is 4.31 Å². The van der Waals surface area contributed by atoms with Crippen LogP contribution in [-0.2, 0) is 10.0 Å². The molecule has 0 unspecified atom stereocenters. The number of piperazine rings is 1. The Morgan fingerprint density at radius 3 is 2.38 bits per heavy atom. The van der Waals surface area contributed by atoms with Gasteiger partial charge in [0.05, 0.1) is 11.4 Å². The van der Waals surface area contributed by atoms with Gasteiger partial charge in [-0.25, -0.2) is 13.2 Å². The van der Waals surface area contributed by atoms with Gasteiger partial charge in [0.15, 0.2) is 0 Å². The van der Waals surface area contributed by atoms with Crippen molar-refractivity contribution in [3.05, 3.63) is 30.3 Å². The molecule has 2 amide bonds. The first-order chi connectivity index (χ1) is 10.1. The van der Waals surface area contributed by atoms with Gasteiger partial charge in [-0.1, -0.05) is 24.1 Å². The van der Waals surface area contributed by atoms with Crippen molar-refractivity contribution in [2.75, 3.05) is 32.7 Å². The molecule has 0 bridgehead atoms. The molecule has 0 atom stereocenters. The van der Waals surface area contributed by atoms with Crippen molar-refractivity contribution in [3.8, 4) is 12.3 Å². The second kappa shape index (κ2) is 6.61. The molecule has 112 valence electrons. The van der Waals surface area contributed by atoms with E-state index in [1.54, 1.807) is 35.2 Å². The summed E-state index contributed by atoms with van der Waals surface area (Å²) in [7, 11) is -3.49. The van der Waals surface area contributed by atoms with E-state index in [0.717, 1.165) is 0 Å². The fourth-order valence-electron chi connectivity index (χ4n) is 2.11. The molecule has 0 spiro atoms. The van der Waals surface area contributed by atoms with E-state index in [-0.39, 0.29) is 30.6 Å². The molecule has 6 nitrogen and oxygen atoms in total. The lowest BCUT2D eigenvalue weighted by Gasteiger charge is -2.33. The number of hydrogen-bond acceptors (Lipinski definition) is 3. The van der Waals surface area contributed by atoms with E-state index in [4.69, 9.17) is 6.42 Å². The van der Waals surface area contributed by atoms with Crippen molar-refractivity contribution < 1.29 is 13.2 Å². The lowest BCUT2D eigenvalue weighted by molar-refractivity contribution is 0.173. The number of benzene rings is 1. The van der Waals surface area contributed by atoms with Crippen molar-refractivity contribution >= 4 is 16.1 Å². The topological polar surface area (TPSA) is 69.7 Å². The minimum Gasteiger partial charge on any atom is -0.327 e. The highest BCUT2D eigenvalue weighted by Gasteiger charge is 2.29. The largest absolute Gasteiger partial charge is 0.327 e. The Labute approximate surface area is 124 Å². The van der Waals surface area contributed by atoms with E-state index in [0.29, 0.717) is 13.1 Å². The maximum absolute atomic E-state index is 12.4. The molecule has 21 heavy (non-hydrogen) atoms. The number of carbonyl (C=O) groups is 1. The highest BCUT2D eigenvalue weighted by Crippen LogP contribution is 2.17. The summed E-state index contributed by atoms with van der Waals surface area (Å²) in [6.45, 7) is 1.42. The second-order valence-corrected chi connectivity index (χ2v) is 6.50. The molecule has 1 aliphatic rings. The van der Waals surface area contributed by atoms with Crippen LogP contribution in [0.3, 0.4) is 0 Å². The number of terminal acetylenes is 1. The van der Waals surface area contributed by atoms with Gasteiger partial charge in [0, 0.05) is 26.2 Å². The van der Waals surface area contributed by atoms with Gasteiger partial charge < -0.3 is 10.2 Å². The van der Waals surface area contributed by atoms with E-state index in [1.807, 2.05) is 0 Å². The van der Waals surface area contributed by atoms with Gasteiger partial charge in [-0.3, -0.25) is 0 Å². The Hall–Kier alpha value is -2.04. The number of nitrogens with zero attached hydrogens (tertiary/aromatic N) is 2. The summed E-state index contributed by atoms with van der Waals surface area (Å²) < 4.78 is 26.2. The summed E-state index contributed by atoms with van der Waals surface area (Å²) >= 11 is 0. The molecule has 1 aromatic carbocycles. The normalized spacial score (nSPS) is 16.2. The molecule has 2 rings (SSSR count). The van der Waals surface area contributed by atoms with Crippen LogP contribution in [0, 0.1) is 12.3 Å². The quantitative estimate of drug-likeness (QED) is 0.819. The van der Waals surface area contributed by atoms with E-state index in [9.17, 15) is 13.2 Å². The van der Waals surface area contributed by atoms with Gasteiger partial charge in [0.1, 0.15) is 0 Å². The van der Waals surface area contributed by atoms with E-state index in [2.05, 4.69) is 11.2 Å². The van der Waals surface area contributed by atoms with Gasteiger partial charge in [0.2, 0.25) is 10.0 Å². The highest BCUT2D eigenvalue weighted by molar-refractivity contribution is 7.89. The zero-order valence-corrected chi connectivity index (χ0v) is 12.3. The SMILES string of the molecule is C#CCNC(=O)N1CCN(S(=O)(=O)c2ccccc2)CC1. The molecule has 1 fully saturated rings. The third kappa shape index (κ3) is 3.54. The van der Waals surface area contributed by atoms with Crippen molar-refractivity contribution in [3.63, 3.8) is 0 Å². The summed E-state index contributed by atoms with van der Waals surface area (Å²) in [6, 6.07) is 8.03. The van der Waals surface area contributed by atoms with Gasteiger partial charge in [0.25, 0.3) is 0 Å². The van der Waals surface area contributed by atoms with Crippen LogP contribution in [0.2, 0.25) is 0 Å². The van der Waals surface area contributed by atoms with E-state index < -0.39 is 10.0 Å². The maximum Gasteiger partial charge on any atom is 0.318 e. The summed E-state index contributed by atoms with van der Waals surface area (Å²) in [5.41, 5.74) is 0. The maximum atomic E-state index is 12.4. The first-order valence-corrected chi connectivity index (χ1v) is 8.01. The van der Waals surface area contributed by atoms with Gasteiger partial charge in [-0.05, 0) is 12.1 Å². The summed E-state index contributed by atoms with van der Waals surface area (Å²) in [4.78, 5) is 13.6. The Bertz CT molecular complexity index is 629. The average Bonchev–Trinajstić information content (AvgIpc) is 2.53. The number of urea groups is 1. The Morgan fingerprint density at radius 2 is 1.81 bits per heavy atom. The molecule has 0 saturated carbocycles. The number of hydrogen-bond donors (Lipinski definition) is 1. The van der Waals surface area contributed by atoms with Crippen LogP contribution >= 0.6 is 0 Å². The van der Waals surface area contributed by atoms with Crippen LogP contribution in [0.5, 0.6) is 0 Å². The molecule has 7 heteroatoms. The molecular formula is C14H17N3O3S. The average molecular weight is 307 g/mol. The van der Waals surface area contributed by atoms with Crippen molar-refractivity contribution in [2.24, 2.45) is 0 Å². The zero-order valence-electron chi connectivity index (χ0n) is 11.5. The van der Waals surface area contributed by atoms with Crippen LogP contribution in [0.4, 0.5) is 4.79 Å². The third-order valence-electron chi connectivity index (χ3n) is 3.25. The van der Waals surface area contributed by atoms with E-state index >= 15 is 0 Å². The number of rotatable bonds is 3. The van der Waals surface area contributed by atoms with Gasteiger partial charge >= 0.3 is 6.03 Å². The lowest BCUT2D eigenvalue weighted by Crippen LogP contribution is -2.53. The molecule has 1 aromatic rings. The van der Waals surface area contributed by atoms with Crippen LogP contribution in [0.15, 0.2) is 35.2 Å². The Morgan fingerprint density at radius 1 is 1.19 bits per heavy atom. The third-order valence-corrected chi connectivity index (χ3v) is 5.16. The predicted octanol–water partition coefficient (Wildman–Crippen LogP) is 0.336. The second-order valence-electron chi connectivity index (χ2n) is 4.57. The zero-order chi connectivity index (χ0) is 15.3. The standard InChI is InChI=1S/C14H17N3O3S/c1-2-8-15-14(18)16-9-11-17(12-10-16)21(19,20)13-6-4-3-5-7-13/h1,3-7H,8-12H2,(H,15,18). The van der Waals surface area contributed by atoms with Crippen molar-refractivity contribution in [2.45, 2.75) is 4.90 Å². The molecule has 0 radical (unpaired) electrons. The monoisotopic (exact) mass is 307 g/mol. The predicted molar refractivity (Wildman–Crippen MR) is 79.0 cm³/mol. The number of amides is 2. The fourth-order valence-corrected chi connectivity index (χ4v) is 3.55. The van der Waals surface area contributed by atoms with Crippen LogP contribution < -0.4 is 5.32 Å². The summed E-state index contributed by atoms with van der Waals surface area (Å²) in [6.07, 6.45) is 5.08. The Balaban J connectivity index is 1.98.